The van der Waals surface area contributed by atoms with Gasteiger partial charge in [-0.3, -0.25) is 9.89 Å². The van der Waals surface area contributed by atoms with Gasteiger partial charge >= 0.3 is 0 Å². The van der Waals surface area contributed by atoms with Crippen LogP contribution in [-0.2, 0) is 6.54 Å². The number of carbonyl (C=O) groups is 1. The fourth-order valence-corrected chi connectivity index (χ4v) is 4.61. The number of amides is 1. The second-order valence-electron chi connectivity index (χ2n) is 8.17. The number of nitrogens with zero attached hydrogens (tertiary/aromatic N) is 2. The molecule has 3 aromatic carbocycles. The summed E-state index contributed by atoms with van der Waals surface area (Å²) in [6.07, 6.45) is 0. The van der Waals surface area contributed by atoms with Gasteiger partial charge in [-0.05, 0) is 59.7 Å². The van der Waals surface area contributed by atoms with E-state index in [0.717, 1.165) is 33.7 Å². The van der Waals surface area contributed by atoms with Crippen LogP contribution in [0.5, 0.6) is 17.2 Å². The first-order valence-electron chi connectivity index (χ1n) is 11.0. The summed E-state index contributed by atoms with van der Waals surface area (Å²) in [5.41, 5.74) is 4.76. The zero-order valence-electron chi connectivity index (χ0n) is 19.5. The molecular weight excluding hydrogens is 466 g/mol. The highest BCUT2D eigenvalue weighted by atomic mass is 35.5. The largest absolute Gasteiger partial charge is 0.497 e. The first-order chi connectivity index (χ1) is 17.0. The molecule has 35 heavy (non-hydrogen) atoms. The van der Waals surface area contributed by atoms with Gasteiger partial charge in [-0.15, -0.1) is 0 Å². The quantitative estimate of drug-likeness (QED) is 0.371. The van der Waals surface area contributed by atoms with Crippen LogP contribution in [-0.4, -0.2) is 42.3 Å². The molecule has 1 unspecified atom stereocenters. The molecule has 1 amide bonds. The highest BCUT2D eigenvalue weighted by Crippen LogP contribution is 2.45. The standard InChI is InChI=1S/C27H24ClN3O4/c1-33-20-11-6-17(7-12-20)24-23-25(30-29-24)27(32)31(15-16-4-9-19(28)10-5-16)26(23)18-8-13-21(34-2)22(14-18)35-3/h4-14,26H,15H2,1-3H3,(H,29,30). The molecule has 5 rings (SSSR count). The highest BCUT2D eigenvalue weighted by molar-refractivity contribution is 6.30. The molecule has 0 fully saturated rings. The Morgan fingerprint density at radius 3 is 2.29 bits per heavy atom. The van der Waals surface area contributed by atoms with Crippen molar-refractivity contribution in [3.05, 3.63) is 94.1 Å². The molecule has 0 radical (unpaired) electrons. The summed E-state index contributed by atoms with van der Waals surface area (Å²) >= 11 is 6.08. The van der Waals surface area contributed by atoms with Gasteiger partial charge in [-0.2, -0.15) is 5.10 Å². The van der Waals surface area contributed by atoms with E-state index < -0.39 is 0 Å². The Morgan fingerprint density at radius 1 is 0.914 bits per heavy atom. The van der Waals surface area contributed by atoms with Crippen molar-refractivity contribution in [1.82, 2.24) is 15.1 Å². The third-order valence-corrected chi connectivity index (χ3v) is 6.47. The Labute approximate surface area is 208 Å². The molecule has 1 atom stereocenters. The van der Waals surface area contributed by atoms with Gasteiger partial charge in [-0.1, -0.05) is 29.8 Å². The lowest BCUT2D eigenvalue weighted by atomic mass is 9.95. The number of aromatic amines is 1. The maximum Gasteiger partial charge on any atom is 0.273 e. The average Bonchev–Trinajstić information content (AvgIpc) is 3.44. The topological polar surface area (TPSA) is 76.7 Å². The van der Waals surface area contributed by atoms with Crippen LogP contribution in [0.15, 0.2) is 66.7 Å². The van der Waals surface area contributed by atoms with Crippen LogP contribution < -0.4 is 14.2 Å². The van der Waals surface area contributed by atoms with Gasteiger partial charge < -0.3 is 19.1 Å². The number of H-pyrrole nitrogens is 1. The SMILES string of the molecule is COc1ccc(-c2n[nH]c3c2C(c2ccc(OC)c(OC)c2)N(Cc2ccc(Cl)cc2)C3=O)cc1. The molecule has 4 aromatic rings. The predicted molar refractivity (Wildman–Crippen MR) is 133 cm³/mol. The smallest absolute Gasteiger partial charge is 0.273 e. The molecular formula is C27H24ClN3O4. The lowest BCUT2D eigenvalue weighted by Gasteiger charge is -2.27. The van der Waals surface area contributed by atoms with Crippen LogP contribution in [0.4, 0.5) is 0 Å². The summed E-state index contributed by atoms with van der Waals surface area (Å²) < 4.78 is 16.3. The van der Waals surface area contributed by atoms with Gasteiger partial charge in [-0.25, -0.2) is 0 Å². The van der Waals surface area contributed by atoms with Crippen molar-refractivity contribution in [3.63, 3.8) is 0 Å². The molecule has 0 bridgehead atoms. The fourth-order valence-electron chi connectivity index (χ4n) is 4.48. The summed E-state index contributed by atoms with van der Waals surface area (Å²) in [7, 11) is 4.82. The van der Waals surface area contributed by atoms with Crippen molar-refractivity contribution in [2.24, 2.45) is 0 Å². The van der Waals surface area contributed by atoms with Crippen molar-refractivity contribution in [3.8, 4) is 28.5 Å². The minimum absolute atomic E-state index is 0.123. The van der Waals surface area contributed by atoms with Crippen molar-refractivity contribution < 1.29 is 19.0 Å². The summed E-state index contributed by atoms with van der Waals surface area (Å²) in [4.78, 5) is 15.5. The molecule has 1 N–H and O–H groups in total. The number of methoxy groups -OCH3 is 3. The Morgan fingerprint density at radius 2 is 1.63 bits per heavy atom. The lowest BCUT2D eigenvalue weighted by molar-refractivity contribution is 0.0730. The maximum atomic E-state index is 13.6. The molecule has 0 saturated heterocycles. The highest BCUT2D eigenvalue weighted by Gasteiger charge is 2.42. The van der Waals surface area contributed by atoms with Crippen LogP contribution in [0.2, 0.25) is 5.02 Å². The number of halogens is 1. The van der Waals surface area contributed by atoms with Gasteiger partial charge in [0.1, 0.15) is 11.4 Å². The van der Waals surface area contributed by atoms with E-state index in [9.17, 15) is 4.79 Å². The summed E-state index contributed by atoms with van der Waals surface area (Å²) in [6, 6.07) is 20.5. The van der Waals surface area contributed by atoms with Crippen LogP contribution in [0.1, 0.15) is 33.2 Å². The molecule has 178 valence electrons. The summed E-state index contributed by atoms with van der Waals surface area (Å²) in [6.45, 7) is 0.402. The van der Waals surface area contributed by atoms with Crippen molar-refractivity contribution >= 4 is 17.5 Å². The first-order valence-corrected chi connectivity index (χ1v) is 11.4. The fraction of sp³-hybridized carbons (Fsp3) is 0.185. The van der Waals surface area contributed by atoms with Crippen molar-refractivity contribution in [2.75, 3.05) is 21.3 Å². The Hall–Kier alpha value is -3.97. The number of rotatable bonds is 7. The zero-order valence-corrected chi connectivity index (χ0v) is 20.3. The van der Waals surface area contributed by atoms with E-state index in [-0.39, 0.29) is 11.9 Å². The molecule has 1 aliphatic rings. The van der Waals surface area contributed by atoms with E-state index in [2.05, 4.69) is 10.2 Å². The van der Waals surface area contributed by atoms with E-state index in [1.54, 1.807) is 21.3 Å². The van der Waals surface area contributed by atoms with Gasteiger partial charge in [0.15, 0.2) is 11.5 Å². The Kier molecular flexibility index (Phi) is 6.09. The number of nitrogens with one attached hydrogen (secondary N) is 1. The normalized spacial score (nSPS) is 14.7. The maximum absolute atomic E-state index is 13.6. The van der Waals surface area contributed by atoms with E-state index in [4.69, 9.17) is 25.8 Å². The molecule has 1 aromatic heterocycles. The number of ether oxygens (including phenoxy) is 3. The van der Waals surface area contributed by atoms with Gasteiger partial charge in [0.05, 0.1) is 33.1 Å². The zero-order chi connectivity index (χ0) is 24.5. The predicted octanol–water partition coefficient (Wildman–Crippen LogP) is 5.50. The second-order valence-corrected chi connectivity index (χ2v) is 8.60. The number of fused-ring (bicyclic) bond motifs is 1. The van der Waals surface area contributed by atoms with Crippen LogP contribution in [0.25, 0.3) is 11.3 Å². The number of hydrogen-bond acceptors (Lipinski definition) is 5. The lowest BCUT2D eigenvalue weighted by Crippen LogP contribution is -2.29. The average molecular weight is 490 g/mol. The van der Waals surface area contributed by atoms with E-state index in [1.807, 2.05) is 71.6 Å². The van der Waals surface area contributed by atoms with Crippen molar-refractivity contribution in [1.29, 1.82) is 0 Å². The monoisotopic (exact) mass is 489 g/mol. The van der Waals surface area contributed by atoms with Gasteiger partial charge in [0, 0.05) is 22.7 Å². The third-order valence-electron chi connectivity index (χ3n) is 6.22. The van der Waals surface area contributed by atoms with Gasteiger partial charge in [0.25, 0.3) is 5.91 Å². The van der Waals surface area contributed by atoms with Crippen molar-refractivity contribution in [2.45, 2.75) is 12.6 Å². The minimum Gasteiger partial charge on any atom is -0.497 e. The molecule has 1 aliphatic heterocycles. The van der Waals surface area contributed by atoms with Gasteiger partial charge in [0.2, 0.25) is 0 Å². The van der Waals surface area contributed by atoms with Crippen LogP contribution in [0.3, 0.4) is 0 Å². The van der Waals surface area contributed by atoms with E-state index in [0.29, 0.717) is 28.8 Å². The molecule has 2 heterocycles. The third kappa shape index (κ3) is 4.08. The summed E-state index contributed by atoms with van der Waals surface area (Å²) in [5.74, 6) is 1.83. The number of carbonyl (C=O) groups excluding carboxylic acids is 1. The van der Waals surface area contributed by atoms with E-state index >= 15 is 0 Å². The molecule has 0 spiro atoms. The summed E-state index contributed by atoms with van der Waals surface area (Å²) in [5, 5.41) is 8.17. The first kappa shape index (κ1) is 22.8. The number of aromatic nitrogens is 2. The van der Waals surface area contributed by atoms with E-state index in [1.165, 1.54) is 0 Å². The minimum atomic E-state index is -0.385. The molecule has 0 aliphatic carbocycles. The molecule has 8 heteroatoms. The number of benzene rings is 3. The Balaban J connectivity index is 1.64. The number of hydrogen-bond donors (Lipinski definition) is 1. The molecule has 7 nitrogen and oxygen atoms in total. The second kappa shape index (κ2) is 9.35. The van der Waals surface area contributed by atoms with Crippen LogP contribution in [0, 0.1) is 0 Å². The molecule has 0 saturated carbocycles. The Bertz CT molecular complexity index is 1370. The van der Waals surface area contributed by atoms with Crippen LogP contribution >= 0.6 is 11.6 Å².